The summed E-state index contributed by atoms with van der Waals surface area (Å²) in [6.07, 6.45) is 1.58. The van der Waals surface area contributed by atoms with Crippen molar-refractivity contribution in [2.45, 2.75) is 13.0 Å². The molecule has 1 unspecified atom stereocenters. The quantitative estimate of drug-likeness (QED) is 0.837. The molecule has 2 rings (SSSR count). The molecule has 0 bridgehead atoms. The lowest BCUT2D eigenvalue weighted by molar-refractivity contribution is 0.0935. The third kappa shape index (κ3) is 3.28. The third-order valence-electron chi connectivity index (χ3n) is 2.81. The molecule has 0 fully saturated rings. The molecule has 2 aromatic rings. The zero-order valence-corrected chi connectivity index (χ0v) is 11.2. The van der Waals surface area contributed by atoms with Crippen molar-refractivity contribution in [3.8, 4) is 11.8 Å². The summed E-state index contributed by atoms with van der Waals surface area (Å²) in [6, 6.07) is 10.6. The Labute approximate surface area is 118 Å². The summed E-state index contributed by atoms with van der Waals surface area (Å²) < 4.78 is 5.27. The lowest BCUT2D eigenvalue weighted by Gasteiger charge is -2.12. The van der Waals surface area contributed by atoms with Gasteiger partial charge >= 0.3 is 0 Å². The van der Waals surface area contributed by atoms with Gasteiger partial charge in [0, 0.05) is 5.56 Å². The van der Waals surface area contributed by atoms with Gasteiger partial charge in [-0.05, 0) is 31.2 Å². The first-order chi connectivity index (χ1) is 9.72. The molecule has 3 N–H and O–H groups in total. The number of amides is 1. The highest BCUT2D eigenvalue weighted by Crippen LogP contribution is 2.14. The van der Waals surface area contributed by atoms with Crippen molar-refractivity contribution in [2.24, 2.45) is 5.73 Å². The highest BCUT2D eigenvalue weighted by atomic mass is 16.3. The van der Waals surface area contributed by atoms with Crippen LogP contribution in [0.5, 0.6) is 0 Å². The lowest BCUT2D eigenvalue weighted by Crippen LogP contribution is -2.27. The van der Waals surface area contributed by atoms with E-state index in [-0.39, 0.29) is 18.5 Å². The van der Waals surface area contributed by atoms with Crippen LogP contribution in [0.25, 0.3) is 0 Å². The maximum absolute atomic E-state index is 12.3. The van der Waals surface area contributed by atoms with Crippen LogP contribution in [0.3, 0.4) is 0 Å². The van der Waals surface area contributed by atoms with Gasteiger partial charge in [0.2, 0.25) is 0 Å². The van der Waals surface area contributed by atoms with Crippen molar-refractivity contribution in [3.05, 3.63) is 59.5 Å². The number of hydrogen-bond donors (Lipinski definition) is 2. The normalized spacial score (nSPS) is 11.3. The SMILES string of the molecule is CC(NC(=O)c1ccccc1C#CCN)c1ccco1. The van der Waals surface area contributed by atoms with E-state index in [0.29, 0.717) is 16.9 Å². The highest BCUT2D eigenvalue weighted by molar-refractivity contribution is 5.96. The molecular formula is C16H16N2O2. The zero-order valence-electron chi connectivity index (χ0n) is 11.2. The van der Waals surface area contributed by atoms with Crippen molar-refractivity contribution >= 4 is 5.91 Å². The number of hydrogen-bond acceptors (Lipinski definition) is 3. The average molecular weight is 268 g/mol. The van der Waals surface area contributed by atoms with E-state index in [1.807, 2.05) is 19.1 Å². The Kier molecular flexibility index (Phi) is 4.59. The van der Waals surface area contributed by atoms with E-state index in [1.165, 1.54) is 0 Å². The number of rotatable bonds is 3. The summed E-state index contributed by atoms with van der Waals surface area (Å²) in [7, 11) is 0. The first-order valence-corrected chi connectivity index (χ1v) is 6.34. The lowest BCUT2D eigenvalue weighted by atomic mass is 10.1. The molecule has 0 saturated carbocycles. The fraction of sp³-hybridized carbons (Fsp3) is 0.188. The molecule has 0 aliphatic carbocycles. The van der Waals surface area contributed by atoms with E-state index in [0.717, 1.165) is 0 Å². The summed E-state index contributed by atoms with van der Waals surface area (Å²) in [5, 5.41) is 2.88. The Balaban J connectivity index is 2.17. The Morgan fingerprint density at radius 2 is 2.15 bits per heavy atom. The smallest absolute Gasteiger partial charge is 0.253 e. The Hall–Kier alpha value is -2.51. The van der Waals surface area contributed by atoms with Crippen molar-refractivity contribution in [1.82, 2.24) is 5.32 Å². The van der Waals surface area contributed by atoms with Gasteiger partial charge in [-0.25, -0.2) is 0 Å². The minimum Gasteiger partial charge on any atom is -0.467 e. The van der Waals surface area contributed by atoms with Crippen LogP contribution in [0.15, 0.2) is 47.1 Å². The zero-order chi connectivity index (χ0) is 14.4. The largest absolute Gasteiger partial charge is 0.467 e. The molecule has 1 atom stereocenters. The molecule has 1 heterocycles. The van der Waals surface area contributed by atoms with Crippen LogP contribution in [0, 0.1) is 11.8 Å². The molecule has 0 aliphatic rings. The number of benzene rings is 1. The number of nitrogens with one attached hydrogen (secondary N) is 1. The van der Waals surface area contributed by atoms with E-state index >= 15 is 0 Å². The van der Waals surface area contributed by atoms with Crippen molar-refractivity contribution in [1.29, 1.82) is 0 Å². The molecule has 1 amide bonds. The highest BCUT2D eigenvalue weighted by Gasteiger charge is 2.15. The predicted molar refractivity (Wildman–Crippen MR) is 77.0 cm³/mol. The first-order valence-electron chi connectivity index (χ1n) is 6.34. The second kappa shape index (κ2) is 6.60. The van der Waals surface area contributed by atoms with Crippen LogP contribution >= 0.6 is 0 Å². The summed E-state index contributed by atoms with van der Waals surface area (Å²) in [4.78, 5) is 12.3. The van der Waals surface area contributed by atoms with Crippen LogP contribution in [-0.2, 0) is 0 Å². The maximum atomic E-state index is 12.3. The van der Waals surface area contributed by atoms with Gasteiger partial charge in [-0.15, -0.1) is 0 Å². The molecule has 1 aromatic carbocycles. The van der Waals surface area contributed by atoms with Gasteiger partial charge in [0.05, 0.1) is 24.4 Å². The fourth-order valence-electron chi connectivity index (χ4n) is 1.82. The minimum absolute atomic E-state index is 0.184. The number of carbonyl (C=O) groups excluding carboxylic acids is 1. The average Bonchev–Trinajstić information content (AvgIpc) is 2.99. The maximum Gasteiger partial charge on any atom is 0.253 e. The fourth-order valence-corrected chi connectivity index (χ4v) is 1.82. The monoisotopic (exact) mass is 268 g/mol. The van der Waals surface area contributed by atoms with E-state index < -0.39 is 0 Å². The van der Waals surface area contributed by atoms with Crippen molar-refractivity contribution in [2.75, 3.05) is 6.54 Å². The van der Waals surface area contributed by atoms with E-state index in [2.05, 4.69) is 17.2 Å². The molecule has 20 heavy (non-hydrogen) atoms. The van der Waals surface area contributed by atoms with Gasteiger partial charge in [0.25, 0.3) is 5.91 Å². The van der Waals surface area contributed by atoms with Gasteiger partial charge < -0.3 is 15.5 Å². The molecule has 1 aromatic heterocycles. The van der Waals surface area contributed by atoms with Gasteiger partial charge in [0.1, 0.15) is 5.76 Å². The third-order valence-corrected chi connectivity index (χ3v) is 2.81. The first kappa shape index (κ1) is 13.9. The molecule has 0 radical (unpaired) electrons. The van der Waals surface area contributed by atoms with Crippen LogP contribution in [0.1, 0.15) is 34.6 Å². The molecular weight excluding hydrogens is 252 g/mol. The van der Waals surface area contributed by atoms with Gasteiger partial charge in [-0.1, -0.05) is 24.0 Å². The Morgan fingerprint density at radius 3 is 2.85 bits per heavy atom. The second-order valence-corrected chi connectivity index (χ2v) is 4.26. The van der Waals surface area contributed by atoms with Gasteiger partial charge in [-0.3, -0.25) is 4.79 Å². The number of carbonyl (C=O) groups is 1. The molecule has 0 spiro atoms. The topological polar surface area (TPSA) is 68.3 Å². The molecule has 0 aliphatic heterocycles. The van der Waals surface area contributed by atoms with E-state index in [9.17, 15) is 4.79 Å². The summed E-state index contributed by atoms with van der Waals surface area (Å²) >= 11 is 0. The van der Waals surface area contributed by atoms with E-state index in [4.69, 9.17) is 10.2 Å². The minimum atomic E-state index is -0.201. The summed E-state index contributed by atoms with van der Waals surface area (Å²) in [5.74, 6) is 6.19. The molecule has 4 heteroatoms. The van der Waals surface area contributed by atoms with Gasteiger partial charge in [0.15, 0.2) is 0 Å². The van der Waals surface area contributed by atoms with Gasteiger partial charge in [-0.2, -0.15) is 0 Å². The predicted octanol–water partition coefficient (Wildman–Crippen LogP) is 2.08. The molecule has 4 nitrogen and oxygen atoms in total. The molecule has 102 valence electrons. The van der Waals surface area contributed by atoms with Crippen LogP contribution in [0.2, 0.25) is 0 Å². The standard InChI is InChI=1S/C16H16N2O2/c1-12(15-9-5-11-20-15)18-16(19)14-8-3-2-6-13(14)7-4-10-17/h2-3,5-6,8-9,11-12H,10,17H2,1H3,(H,18,19). The van der Waals surface area contributed by atoms with Crippen molar-refractivity contribution < 1.29 is 9.21 Å². The summed E-state index contributed by atoms with van der Waals surface area (Å²) in [5.41, 5.74) is 6.56. The Bertz CT molecular complexity index is 636. The number of furan rings is 1. The van der Waals surface area contributed by atoms with E-state index in [1.54, 1.807) is 30.5 Å². The van der Waals surface area contributed by atoms with Crippen molar-refractivity contribution in [3.63, 3.8) is 0 Å². The molecule has 0 saturated heterocycles. The Morgan fingerprint density at radius 1 is 1.35 bits per heavy atom. The van der Waals surface area contributed by atoms with Crippen LogP contribution in [-0.4, -0.2) is 12.5 Å². The number of nitrogens with two attached hydrogens (primary N) is 1. The van der Waals surface area contributed by atoms with Crippen LogP contribution < -0.4 is 11.1 Å². The van der Waals surface area contributed by atoms with Crippen LogP contribution in [0.4, 0.5) is 0 Å². The second-order valence-electron chi connectivity index (χ2n) is 4.26. The summed E-state index contributed by atoms with van der Waals surface area (Å²) in [6.45, 7) is 2.13.